The summed E-state index contributed by atoms with van der Waals surface area (Å²) in [4.78, 5) is 0. The summed E-state index contributed by atoms with van der Waals surface area (Å²) in [5.74, 6) is 0. The maximum atomic E-state index is 5.63. The number of hydrogen-bond acceptors (Lipinski definition) is 1. The van der Waals surface area contributed by atoms with E-state index in [-0.39, 0.29) is 6.04 Å². The maximum absolute atomic E-state index is 5.63. The van der Waals surface area contributed by atoms with E-state index in [1.165, 1.54) is 0 Å². The molecule has 0 amide bonds. The molecule has 0 saturated heterocycles. The van der Waals surface area contributed by atoms with E-state index in [0.717, 1.165) is 18.4 Å². The summed E-state index contributed by atoms with van der Waals surface area (Å²) in [5.41, 5.74) is 6.79. The molecule has 1 aliphatic rings. The van der Waals surface area contributed by atoms with Crippen LogP contribution in [0.5, 0.6) is 0 Å². The largest absolute Gasteiger partial charge is 0.324 e. The lowest BCUT2D eigenvalue weighted by Crippen LogP contribution is -2.22. The lowest BCUT2D eigenvalue weighted by Gasteiger charge is -2.14. The van der Waals surface area contributed by atoms with Crippen molar-refractivity contribution in [1.29, 1.82) is 0 Å². The second-order valence-corrected chi connectivity index (χ2v) is 2.18. The SMILES string of the molecule is C=C1CC=CCC1N. The van der Waals surface area contributed by atoms with E-state index >= 15 is 0 Å². The first-order chi connectivity index (χ1) is 3.80. The number of hydrogen-bond donors (Lipinski definition) is 1. The third-order valence-corrected chi connectivity index (χ3v) is 1.46. The molecule has 1 atom stereocenters. The zero-order chi connectivity index (χ0) is 5.98. The van der Waals surface area contributed by atoms with E-state index in [0.29, 0.717) is 0 Å². The van der Waals surface area contributed by atoms with E-state index in [4.69, 9.17) is 5.73 Å². The summed E-state index contributed by atoms with van der Waals surface area (Å²) in [6.07, 6.45) is 6.17. The Balaban J connectivity index is 2.57. The highest BCUT2D eigenvalue weighted by molar-refractivity contribution is 5.15. The summed E-state index contributed by atoms with van der Waals surface area (Å²) in [5, 5.41) is 0. The molecule has 0 saturated carbocycles. The predicted molar refractivity (Wildman–Crippen MR) is 35.5 cm³/mol. The molecule has 0 bridgehead atoms. The fraction of sp³-hybridized carbons (Fsp3) is 0.429. The van der Waals surface area contributed by atoms with Crippen molar-refractivity contribution in [3.05, 3.63) is 24.3 Å². The fourth-order valence-corrected chi connectivity index (χ4v) is 0.796. The minimum atomic E-state index is 0.222. The van der Waals surface area contributed by atoms with Gasteiger partial charge in [0.15, 0.2) is 0 Å². The van der Waals surface area contributed by atoms with Crippen LogP contribution in [0.15, 0.2) is 24.3 Å². The van der Waals surface area contributed by atoms with Crippen molar-refractivity contribution in [2.75, 3.05) is 0 Å². The van der Waals surface area contributed by atoms with Gasteiger partial charge in [0.2, 0.25) is 0 Å². The minimum absolute atomic E-state index is 0.222. The topological polar surface area (TPSA) is 26.0 Å². The van der Waals surface area contributed by atoms with E-state index in [1.54, 1.807) is 0 Å². The Labute approximate surface area is 49.9 Å². The number of nitrogens with two attached hydrogens (primary N) is 1. The van der Waals surface area contributed by atoms with Crippen LogP contribution >= 0.6 is 0 Å². The molecule has 0 aromatic heterocycles. The molecule has 44 valence electrons. The summed E-state index contributed by atoms with van der Waals surface area (Å²) in [7, 11) is 0. The van der Waals surface area contributed by atoms with Gasteiger partial charge >= 0.3 is 0 Å². The van der Waals surface area contributed by atoms with Gasteiger partial charge in [-0.2, -0.15) is 0 Å². The molecular weight excluding hydrogens is 98.1 g/mol. The van der Waals surface area contributed by atoms with Crippen LogP contribution in [0.25, 0.3) is 0 Å². The number of allylic oxidation sites excluding steroid dienone is 1. The standard InChI is InChI=1S/C7H11N/c1-6-4-2-3-5-7(6)8/h2-3,7H,1,4-5,8H2. The van der Waals surface area contributed by atoms with E-state index in [2.05, 4.69) is 18.7 Å². The molecule has 1 aliphatic carbocycles. The smallest absolute Gasteiger partial charge is 0.0289 e. The van der Waals surface area contributed by atoms with Crippen LogP contribution in [0.3, 0.4) is 0 Å². The van der Waals surface area contributed by atoms with E-state index < -0.39 is 0 Å². The Bertz CT molecular complexity index is 124. The normalized spacial score (nSPS) is 28.6. The molecule has 0 aromatic carbocycles. The van der Waals surface area contributed by atoms with Gasteiger partial charge in [-0.3, -0.25) is 0 Å². The summed E-state index contributed by atoms with van der Waals surface area (Å²) in [6.45, 7) is 3.82. The Morgan fingerprint density at radius 1 is 1.62 bits per heavy atom. The van der Waals surface area contributed by atoms with Crippen LogP contribution in [0, 0.1) is 0 Å². The highest BCUT2D eigenvalue weighted by atomic mass is 14.6. The van der Waals surface area contributed by atoms with Gasteiger partial charge in [-0.1, -0.05) is 24.3 Å². The highest BCUT2D eigenvalue weighted by Gasteiger charge is 2.06. The van der Waals surface area contributed by atoms with Crippen LogP contribution in [0.2, 0.25) is 0 Å². The first-order valence-electron chi connectivity index (χ1n) is 2.89. The molecule has 0 spiro atoms. The van der Waals surface area contributed by atoms with Gasteiger partial charge in [-0.25, -0.2) is 0 Å². The zero-order valence-electron chi connectivity index (χ0n) is 4.93. The number of rotatable bonds is 0. The average Bonchev–Trinajstić information content (AvgIpc) is 1.77. The van der Waals surface area contributed by atoms with Crippen molar-refractivity contribution in [1.82, 2.24) is 0 Å². The molecule has 0 heterocycles. The third kappa shape index (κ3) is 0.984. The molecule has 8 heavy (non-hydrogen) atoms. The molecule has 0 radical (unpaired) electrons. The van der Waals surface area contributed by atoms with E-state index in [1.807, 2.05) is 0 Å². The first kappa shape index (κ1) is 5.57. The van der Waals surface area contributed by atoms with Crippen LogP contribution in [0.1, 0.15) is 12.8 Å². The van der Waals surface area contributed by atoms with Crippen LogP contribution < -0.4 is 5.73 Å². The third-order valence-electron chi connectivity index (χ3n) is 1.46. The Morgan fingerprint density at radius 2 is 2.38 bits per heavy atom. The van der Waals surface area contributed by atoms with Gasteiger partial charge in [0.1, 0.15) is 0 Å². The lowest BCUT2D eigenvalue weighted by atomic mass is 9.98. The van der Waals surface area contributed by atoms with Crippen molar-refractivity contribution in [3.63, 3.8) is 0 Å². The second-order valence-electron chi connectivity index (χ2n) is 2.18. The Hall–Kier alpha value is -0.560. The summed E-state index contributed by atoms with van der Waals surface area (Å²) < 4.78 is 0. The lowest BCUT2D eigenvalue weighted by molar-refractivity contribution is 0.745. The molecule has 1 rings (SSSR count). The minimum Gasteiger partial charge on any atom is -0.324 e. The van der Waals surface area contributed by atoms with Gasteiger partial charge in [0.05, 0.1) is 0 Å². The van der Waals surface area contributed by atoms with Gasteiger partial charge in [-0.05, 0) is 12.8 Å². The first-order valence-corrected chi connectivity index (χ1v) is 2.89. The van der Waals surface area contributed by atoms with Crippen LogP contribution in [-0.2, 0) is 0 Å². The summed E-state index contributed by atoms with van der Waals surface area (Å²) in [6, 6.07) is 0.222. The van der Waals surface area contributed by atoms with Gasteiger partial charge in [0.25, 0.3) is 0 Å². The quantitative estimate of drug-likeness (QED) is 0.465. The van der Waals surface area contributed by atoms with Crippen molar-refractivity contribution in [3.8, 4) is 0 Å². The van der Waals surface area contributed by atoms with Crippen molar-refractivity contribution in [2.45, 2.75) is 18.9 Å². The fourth-order valence-electron chi connectivity index (χ4n) is 0.796. The molecule has 1 heteroatoms. The molecule has 1 nitrogen and oxygen atoms in total. The van der Waals surface area contributed by atoms with Crippen LogP contribution in [0.4, 0.5) is 0 Å². The zero-order valence-corrected chi connectivity index (χ0v) is 4.93. The average molecular weight is 109 g/mol. The molecule has 0 aromatic rings. The highest BCUT2D eigenvalue weighted by Crippen LogP contribution is 2.12. The maximum Gasteiger partial charge on any atom is 0.0289 e. The van der Waals surface area contributed by atoms with Gasteiger partial charge < -0.3 is 5.73 Å². The molecule has 0 fully saturated rings. The monoisotopic (exact) mass is 109 g/mol. The predicted octanol–water partition coefficient (Wildman–Crippen LogP) is 1.22. The van der Waals surface area contributed by atoms with Gasteiger partial charge in [-0.15, -0.1) is 0 Å². The molecule has 0 aliphatic heterocycles. The van der Waals surface area contributed by atoms with Crippen molar-refractivity contribution >= 4 is 0 Å². The molecule has 1 unspecified atom stereocenters. The van der Waals surface area contributed by atoms with Crippen molar-refractivity contribution in [2.24, 2.45) is 5.73 Å². The Morgan fingerprint density at radius 3 is 2.75 bits per heavy atom. The summed E-state index contributed by atoms with van der Waals surface area (Å²) >= 11 is 0. The Kier molecular flexibility index (Phi) is 1.49. The molecular formula is C7H11N. The van der Waals surface area contributed by atoms with Crippen LogP contribution in [-0.4, -0.2) is 6.04 Å². The van der Waals surface area contributed by atoms with Gasteiger partial charge in [0, 0.05) is 6.04 Å². The van der Waals surface area contributed by atoms with Crippen molar-refractivity contribution < 1.29 is 0 Å². The van der Waals surface area contributed by atoms with E-state index in [9.17, 15) is 0 Å². The molecule has 2 N–H and O–H groups in total. The second kappa shape index (κ2) is 2.14.